The average Bonchev–Trinajstić information content (AvgIpc) is 3.36. The smallest absolute Gasteiger partial charge is 0.316 e. The van der Waals surface area contributed by atoms with Gasteiger partial charge in [-0.2, -0.15) is 4.98 Å². The molecule has 0 aliphatic carbocycles. The highest BCUT2D eigenvalue weighted by molar-refractivity contribution is 6.62. The molecule has 1 aliphatic rings. The number of halogens is 2. The number of carbonyl (C=O) groups is 1. The Balaban J connectivity index is 1.50. The fourth-order valence-electron chi connectivity index (χ4n) is 3.84. The van der Waals surface area contributed by atoms with Gasteiger partial charge in [-0.15, -0.1) is 0 Å². The lowest BCUT2D eigenvalue weighted by molar-refractivity contribution is 0.205. The van der Waals surface area contributed by atoms with E-state index in [2.05, 4.69) is 20.3 Å². The maximum Gasteiger partial charge on any atom is 0.316 e. The molecule has 10 heteroatoms. The fourth-order valence-corrected chi connectivity index (χ4v) is 3.99. The zero-order valence-electron chi connectivity index (χ0n) is 16.3. The van der Waals surface area contributed by atoms with E-state index in [1.165, 1.54) is 12.1 Å². The molecule has 1 atom stereocenters. The van der Waals surface area contributed by atoms with Crippen molar-refractivity contribution < 1.29 is 13.6 Å². The fraction of sp³-hybridized carbons (Fsp3) is 0.238. The highest BCUT2D eigenvalue weighted by Gasteiger charge is 2.24. The molecule has 31 heavy (non-hydrogen) atoms. The monoisotopic (exact) mass is 440 g/mol. The van der Waals surface area contributed by atoms with Gasteiger partial charge < -0.3 is 14.6 Å². The number of carbonyl (C=O) groups excluding carboxylic acids is 1. The minimum Gasteiger partial charge on any atom is -0.432 e. The Kier molecular flexibility index (Phi) is 5.03. The van der Waals surface area contributed by atoms with Crippen molar-refractivity contribution in [1.82, 2.24) is 24.3 Å². The van der Waals surface area contributed by atoms with Gasteiger partial charge in [0.15, 0.2) is 0 Å². The first-order chi connectivity index (χ1) is 15.1. The van der Waals surface area contributed by atoms with Gasteiger partial charge in [-0.1, -0.05) is 0 Å². The number of fused-ring (bicyclic) bond motifs is 1. The molecular weight excluding hydrogens is 423 g/mol. The molecule has 1 N–H and O–H groups in total. The molecule has 1 aliphatic heterocycles. The summed E-state index contributed by atoms with van der Waals surface area (Å²) < 4.78 is 20.7. The molecule has 0 spiro atoms. The highest BCUT2D eigenvalue weighted by atomic mass is 35.5. The number of amides is 1. The molecule has 3 aromatic heterocycles. The van der Waals surface area contributed by atoms with Crippen molar-refractivity contribution in [2.45, 2.75) is 18.9 Å². The number of imidazole rings is 1. The summed E-state index contributed by atoms with van der Waals surface area (Å²) in [5.74, 6) is 0.527. The van der Waals surface area contributed by atoms with Crippen LogP contribution in [0.5, 0.6) is 0 Å². The molecule has 158 valence electrons. The Bertz CT molecular complexity index is 1240. The lowest BCUT2D eigenvalue weighted by Gasteiger charge is -2.31. The minimum atomic E-state index is -0.452. The van der Waals surface area contributed by atoms with Gasteiger partial charge in [0.05, 0.1) is 5.69 Å². The number of anilines is 1. The predicted octanol–water partition coefficient (Wildman–Crippen LogP) is 4.43. The number of rotatable bonds is 4. The lowest BCUT2D eigenvalue weighted by Crippen LogP contribution is -2.43. The van der Waals surface area contributed by atoms with E-state index in [0.29, 0.717) is 42.0 Å². The third-order valence-electron chi connectivity index (χ3n) is 5.28. The van der Waals surface area contributed by atoms with Crippen molar-refractivity contribution in [3.8, 4) is 22.6 Å². The van der Waals surface area contributed by atoms with E-state index in [9.17, 15) is 9.18 Å². The molecule has 1 saturated heterocycles. The van der Waals surface area contributed by atoms with Gasteiger partial charge in [-0.3, -0.25) is 9.20 Å². The SMILES string of the molecule is O=C(Cl)N1CCC[C@@H](Nc2nccc(-c3c(-c4ccc(F)cc4)nc4occn34)n2)C1. The maximum absolute atomic E-state index is 13.4. The van der Waals surface area contributed by atoms with Crippen LogP contribution in [0.1, 0.15) is 12.8 Å². The highest BCUT2D eigenvalue weighted by Crippen LogP contribution is 2.32. The summed E-state index contributed by atoms with van der Waals surface area (Å²) in [6, 6.07) is 7.90. The zero-order chi connectivity index (χ0) is 21.4. The Morgan fingerprint density at radius 2 is 2.06 bits per heavy atom. The summed E-state index contributed by atoms with van der Waals surface area (Å²) in [4.78, 5) is 26.7. The van der Waals surface area contributed by atoms with Gasteiger partial charge in [0, 0.05) is 37.1 Å². The van der Waals surface area contributed by atoms with Crippen molar-refractivity contribution in [3.63, 3.8) is 0 Å². The largest absolute Gasteiger partial charge is 0.432 e. The second-order valence-corrected chi connectivity index (χ2v) is 7.64. The first kappa shape index (κ1) is 19.5. The number of hydrogen-bond acceptors (Lipinski definition) is 6. The molecule has 4 aromatic rings. The van der Waals surface area contributed by atoms with Crippen LogP contribution in [0.15, 0.2) is 53.4 Å². The normalized spacial score (nSPS) is 16.6. The van der Waals surface area contributed by atoms with Crippen molar-refractivity contribution in [3.05, 3.63) is 54.8 Å². The summed E-state index contributed by atoms with van der Waals surface area (Å²) >= 11 is 5.63. The summed E-state index contributed by atoms with van der Waals surface area (Å²) in [5.41, 5.74) is 2.71. The first-order valence-electron chi connectivity index (χ1n) is 9.84. The maximum atomic E-state index is 13.4. The zero-order valence-corrected chi connectivity index (χ0v) is 17.1. The Labute approximate surface area is 181 Å². The van der Waals surface area contributed by atoms with E-state index in [1.807, 2.05) is 0 Å². The molecule has 1 aromatic carbocycles. The van der Waals surface area contributed by atoms with Gasteiger partial charge in [0.25, 0.3) is 0 Å². The quantitative estimate of drug-likeness (QED) is 0.373. The topological polar surface area (TPSA) is 88.6 Å². The van der Waals surface area contributed by atoms with Crippen molar-refractivity contribution in [1.29, 1.82) is 0 Å². The Morgan fingerprint density at radius 1 is 1.23 bits per heavy atom. The Morgan fingerprint density at radius 3 is 2.87 bits per heavy atom. The molecule has 4 heterocycles. The van der Waals surface area contributed by atoms with Crippen LogP contribution in [0.25, 0.3) is 28.5 Å². The number of benzene rings is 1. The molecular formula is C21H18ClFN6O2. The molecule has 1 fully saturated rings. The molecule has 0 radical (unpaired) electrons. The van der Waals surface area contributed by atoms with Crippen LogP contribution >= 0.6 is 11.6 Å². The van der Waals surface area contributed by atoms with Crippen LogP contribution < -0.4 is 5.32 Å². The number of oxazole rings is 1. The molecule has 8 nitrogen and oxygen atoms in total. The van der Waals surface area contributed by atoms with Gasteiger partial charge in [0.1, 0.15) is 23.5 Å². The second-order valence-electron chi connectivity index (χ2n) is 7.32. The van der Waals surface area contributed by atoms with Crippen molar-refractivity contribution in [2.75, 3.05) is 18.4 Å². The van der Waals surface area contributed by atoms with Gasteiger partial charge in [-0.05, 0) is 54.8 Å². The summed E-state index contributed by atoms with van der Waals surface area (Å²) in [6.45, 7) is 1.14. The van der Waals surface area contributed by atoms with Crippen LogP contribution in [-0.2, 0) is 0 Å². The molecule has 0 saturated carbocycles. The van der Waals surface area contributed by atoms with E-state index >= 15 is 0 Å². The number of hydrogen-bond donors (Lipinski definition) is 1. The molecule has 1 amide bonds. The Hall–Kier alpha value is -3.46. The molecule has 5 rings (SSSR count). The van der Waals surface area contributed by atoms with E-state index in [4.69, 9.17) is 16.0 Å². The number of nitrogens with one attached hydrogen (secondary N) is 1. The summed E-state index contributed by atoms with van der Waals surface area (Å²) in [5, 5.41) is 2.85. The van der Waals surface area contributed by atoms with Crippen LogP contribution in [-0.4, -0.2) is 48.8 Å². The van der Waals surface area contributed by atoms with Gasteiger partial charge in [0.2, 0.25) is 5.95 Å². The third-order valence-corrected chi connectivity index (χ3v) is 5.52. The van der Waals surface area contributed by atoms with Crippen LogP contribution in [0.4, 0.5) is 15.1 Å². The van der Waals surface area contributed by atoms with Crippen LogP contribution in [0.2, 0.25) is 0 Å². The number of piperidine rings is 1. The van der Waals surface area contributed by atoms with Crippen molar-refractivity contribution >= 4 is 28.8 Å². The second kappa shape index (κ2) is 7.99. The average molecular weight is 441 g/mol. The van der Waals surface area contributed by atoms with Crippen molar-refractivity contribution in [2.24, 2.45) is 0 Å². The van der Waals surface area contributed by atoms with Crippen LogP contribution in [0.3, 0.4) is 0 Å². The van der Waals surface area contributed by atoms with Gasteiger partial charge >= 0.3 is 11.2 Å². The lowest BCUT2D eigenvalue weighted by atomic mass is 10.1. The summed E-state index contributed by atoms with van der Waals surface area (Å²) in [7, 11) is 0. The number of aromatic nitrogens is 4. The van der Waals surface area contributed by atoms with Gasteiger partial charge in [-0.25, -0.2) is 14.4 Å². The predicted molar refractivity (Wildman–Crippen MR) is 113 cm³/mol. The van der Waals surface area contributed by atoms with E-state index in [1.54, 1.807) is 46.2 Å². The molecule has 0 unspecified atom stereocenters. The third kappa shape index (κ3) is 3.84. The van der Waals surface area contributed by atoms with E-state index in [0.717, 1.165) is 18.4 Å². The minimum absolute atomic E-state index is 0.00246. The van der Waals surface area contributed by atoms with E-state index < -0.39 is 5.37 Å². The van der Waals surface area contributed by atoms with Crippen LogP contribution in [0, 0.1) is 5.82 Å². The number of nitrogens with zero attached hydrogens (tertiary/aromatic N) is 5. The number of likely N-dealkylation sites (tertiary alicyclic amines) is 1. The standard InChI is InChI=1S/C21H18ClFN6O2/c22-19(30)28-9-1-2-15(12-28)25-20-24-8-7-16(26-20)18-17(13-3-5-14(23)6-4-13)27-21-29(18)10-11-31-21/h3-8,10-11,15H,1-2,9,12H2,(H,24,25,26)/t15-/m1/s1. The van der Waals surface area contributed by atoms with E-state index in [-0.39, 0.29) is 11.9 Å². The summed E-state index contributed by atoms with van der Waals surface area (Å²) in [6.07, 6.45) is 6.69. The molecule has 0 bridgehead atoms. The first-order valence-corrected chi connectivity index (χ1v) is 10.2.